The van der Waals surface area contributed by atoms with Crippen molar-refractivity contribution in [2.75, 3.05) is 6.26 Å². The van der Waals surface area contributed by atoms with Crippen LogP contribution >= 0.6 is 11.8 Å². The lowest BCUT2D eigenvalue weighted by atomic mass is 10.1. The summed E-state index contributed by atoms with van der Waals surface area (Å²) in [5, 5.41) is 0. The summed E-state index contributed by atoms with van der Waals surface area (Å²) in [6.45, 7) is 4.01. The SMILES string of the molecule is CSc1cc(C)cc(C)c1C=O. The summed E-state index contributed by atoms with van der Waals surface area (Å²) in [5.74, 6) is 0. The van der Waals surface area contributed by atoms with Gasteiger partial charge in [0.15, 0.2) is 6.29 Å². The number of carbonyl (C=O) groups is 1. The van der Waals surface area contributed by atoms with E-state index < -0.39 is 0 Å². The zero-order chi connectivity index (χ0) is 9.14. The zero-order valence-electron chi connectivity index (χ0n) is 7.55. The van der Waals surface area contributed by atoms with E-state index in [1.807, 2.05) is 32.2 Å². The van der Waals surface area contributed by atoms with Gasteiger partial charge in [-0.3, -0.25) is 4.79 Å². The van der Waals surface area contributed by atoms with Crippen LogP contribution < -0.4 is 0 Å². The van der Waals surface area contributed by atoms with E-state index in [-0.39, 0.29) is 0 Å². The van der Waals surface area contributed by atoms with E-state index in [0.717, 1.165) is 22.3 Å². The molecule has 64 valence electrons. The number of benzene rings is 1. The molecule has 0 amide bonds. The average molecular weight is 180 g/mol. The molecule has 12 heavy (non-hydrogen) atoms. The summed E-state index contributed by atoms with van der Waals surface area (Å²) in [6.07, 6.45) is 2.92. The molecule has 1 nitrogen and oxygen atoms in total. The Morgan fingerprint density at radius 1 is 1.33 bits per heavy atom. The summed E-state index contributed by atoms with van der Waals surface area (Å²) in [6, 6.07) is 4.07. The van der Waals surface area contributed by atoms with E-state index in [4.69, 9.17) is 0 Å². The largest absolute Gasteiger partial charge is 0.298 e. The maximum atomic E-state index is 10.7. The summed E-state index contributed by atoms with van der Waals surface area (Å²) in [5.41, 5.74) is 3.10. The maximum Gasteiger partial charge on any atom is 0.151 e. The van der Waals surface area contributed by atoms with Gasteiger partial charge in [-0.2, -0.15) is 0 Å². The Bertz CT molecular complexity index is 305. The molecule has 1 aromatic rings. The first-order chi connectivity index (χ1) is 5.69. The van der Waals surface area contributed by atoms with Crippen LogP contribution in [0.2, 0.25) is 0 Å². The molecular formula is C10H12OS. The molecule has 0 N–H and O–H groups in total. The van der Waals surface area contributed by atoms with Crippen LogP contribution in [0.5, 0.6) is 0 Å². The van der Waals surface area contributed by atoms with E-state index in [1.165, 1.54) is 5.56 Å². The van der Waals surface area contributed by atoms with Crippen LogP contribution in [-0.2, 0) is 0 Å². The minimum Gasteiger partial charge on any atom is -0.298 e. The van der Waals surface area contributed by atoms with Gasteiger partial charge < -0.3 is 0 Å². The van der Waals surface area contributed by atoms with Crippen molar-refractivity contribution in [3.8, 4) is 0 Å². The van der Waals surface area contributed by atoms with E-state index in [2.05, 4.69) is 0 Å². The molecular weight excluding hydrogens is 168 g/mol. The lowest BCUT2D eigenvalue weighted by Gasteiger charge is -2.05. The van der Waals surface area contributed by atoms with Gasteiger partial charge >= 0.3 is 0 Å². The molecule has 0 heterocycles. The molecule has 0 saturated heterocycles. The monoisotopic (exact) mass is 180 g/mol. The minimum atomic E-state index is 0.827. The van der Waals surface area contributed by atoms with Crippen molar-refractivity contribution in [1.29, 1.82) is 0 Å². The highest BCUT2D eigenvalue weighted by atomic mass is 32.2. The molecule has 0 saturated carbocycles. The molecule has 2 heteroatoms. The highest BCUT2D eigenvalue weighted by Gasteiger charge is 2.04. The number of carbonyl (C=O) groups excluding carboxylic acids is 1. The first kappa shape index (κ1) is 9.33. The number of aryl methyl sites for hydroxylation is 2. The Morgan fingerprint density at radius 2 is 2.00 bits per heavy atom. The molecule has 0 aromatic heterocycles. The highest BCUT2D eigenvalue weighted by Crippen LogP contribution is 2.23. The van der Waals surface area contributed by atoms with Crippen LogP contribution in [0.25, 0.3) is 0 Å². The fourth-order valence-corrected chi connectivity index (χ4v) is 1.99. The van der Waals surface area contributed by atoms with Gasteiger partial charge in [0.05, 0.1) is 0 Å². The Hall–Kier alpha value is -0.760. The van der Waals surface area contributed by atoms with Crippen LogP contribution in [0, 0.1) is 13.8 Å². The van der Waals surface area contributed by atoms with Crippen molar-refractivity contribution < 1.29 is 4.79 Å². The third kappa shape index (κ3) is 1.69. The molecule has 0 bridgehead atoms. The van der Waals surface area contributed by atoms with Gasteiger partial charge in [0.2, 0.25) is 0 Å². The molecule has 1 aromatic carbocycles. The second-order valence-corrected chi connectivity index (χ2v) is 3.66. The van der Waals surface area contributed by atoms with E-state index in [9.17, 15) is 4.79 Å². The van der Waals surface area contributed by atoms with Crippen LogP contribution in [0.3, 0.4) is 0 Å². The van der Waals surface area contributed by atoms with E-state index in [1.54, 1.807) is 11.8 Å². The first-order valence-electron chi connectivity index (χ1n) is 3.79. The second-order valence-electron chi connectivity index (χ2n) is 2.82. The molecule has 0 fully saturated rings. The van der Waals surface area contributed by atoms with Crippen LogP contribution in [0.1, 0.15) is 21.5 Å². The molecule has 0 spiro atoms. The Kier molecular flexibility index (Phi) is 2.93. The molecule has 1 rings (SSSR count). The zero-order valence-corrected chi connectivity index (χ0v) is 8.37. The van der Waals surface area contributed by atoms with Gasteiger partial charge in [0.1, 0.15) is 0 Å². The van der Waals surface area contributed by atoms with Gasteiger partial charge in [-0.1, -0.05) is 6.07 Å². The van der Waals surface area contributed by atoms with Gasteiger partial charge in [-0.15, -0.1) is 11.8 Å². The third-order valence-corrected chi connectivity index (χ3v) is 2.61. The molecule has 0 aliphatic carbocycles. The van der Waals surface area contributed by atoms with Crippen LogP contribution in [0.4, 0.5) is 0 Å². The standard InChI is InChI=1S/C10H12OS/c1-7-4-8(2)9(6-11)10(5-7)12-3/h4-6H,1-3H3. The molecule has 0 radical (unpaired) electrons. The van der Waals surface area contributed by atoms with Crippen molar-refractivity contribution in [3.63, 3.8) is 0 Å². The number of hydrogen-bond donors (Lipinski definition) is 0. The number of rotatable bonds is 2. The Balaban J connectivity index is 3.33. The fraction of sp³-hybridized carbons (Fsp3) is 0.300. The maximum absolute atomic E-state index is 10.7. The highest BCUT2D eigenvalue weighted by molar-refractivity contribution is 7.98. The quantitative estimate of drug-likeness (QED) is 0.514. The molecule has 0 unspecified atom stereocenters. The third-order valence-electron chi connectivity index (χ3n) is 1.83. The number of hydrogen-bond acceptors (Lipinski definition) is 2. The molecule has 0 atom stereocenters. The molecule has 0 aliphatic rings. The second kappa shape index (κ2) is 3.76. The van der Waals surface area contributed by atoms with Crippen molar-refractivity contribution in [1.82, 2.24) is 0 Å². The summed E-state index contributed by atoms with van der Waals surface area (Å²) in [7, 11) is 0. The number of thioether (sulfide) groups is 1. The van der Waals surface area contributed by atoms with Crippen molar-refractivity contribution in [3.05, 3.63) is 28.8 Å². The minimum absolute atomic E-state index is 0.827. The van der Waals surface area contributed by atoms with Gasteiger partial charge in [-0.25, -0.2) is 0 Å². The van der Waals surface area contributed by atoms with Crippen LogP contribution in [-0.4, -0.2) is 12.5 Å². The Morgan fingerprint density at radius 3 is 2.50 bits per heavy atom. The van der Waals surface area contributed by atoms with Crippen molar-refractivity contribution in [2.45, 2.75) is 18.7 Å². The Labute approximate surface area is 77.2 Å². The first-order valence-corrected chi connectivity index (χ1v) is 5.02. The average Bonchev–Trinajstić information content (AvgIpc) is 2.03. The number of aldehydes is 1. The van der Waals surface area contributed by atoms with Crippen LogP contribution in [0.15, 0.2) is 17.0 Å². The van der Waals surface area contributed by atoms with Gasteiger partial charge in [0.25, 0.3) is 0 Å². The van der Waals surface area contributed by atoms with Gasteiger partial charge in [-0.05, 0) is 37.3 Å². The lowest BCUT2D eigenvalue weighted by molar-refractivity contribution is 0.112. The van der Waals surface area contributed by atoms with E-state index >= 15 is 0 Å². The van der Waals surface area contributed by atoms with Crippen molar-refractivity contribution >= 4 is 18.0 Å². The van der Waals surface area contributed by atoms with Gasteiger partial charge in [0, 0.05) is 10.5 Å². The normalized spacial score (nSPS) is 9.92. The lowest BCUT2D eigenvalue weighted by Crippen LogP contribution is -1.91. The van der Waals surface area contributed by atoms with E-state index in [0.29, 0.717) is 0 Å². The molecule has 0 aliphatic heterocycles. The summed E-state index contributed by atoms with van der Waals surface area (Å²) in [4.78, 5) is 11.8. The summed E-state index contributed by atoms with van der Waals surface area (Å²) >= 11 is 1.62. The summed E-state index contributed by atoms with van der Waals surface area (Å²) < 4.78 is 0. The predicted molar refractivity (Wildman–Crippen MR) is 53.1 cm³/mol. The topological polar surface area (TPSA) is 17.1 Å². The smallest absolute Gasteiger partial charge is 0.151 e. The predicted octanol–water partition coefficient (Wildman–Crippen LogP) is 2.84. The fourth-order valence-electron chi connectivity index (χ4n) is 1.26. The van der Waals surface area contributed by atoms with Crippen molar-refractivity contribution in [2.24, 2.45) is 0 Å².